The predicted octanol–water partition coefficient (Wildman–Crippen LogP) is 0.857. The first kappa shape index (κ1) is 16.4. The Labute approximate surface area is 118 Å². The van der Waals surface area contributed by atoms with Gasteiger partial charge in [-0.15, -0.1) is 0 Å². The molecule has 1 unspecified atom stereocenters. The number of benzene rings is 1. The highest BCUT2D eigenvalue weighted by atomic mass is 19.1. The van der Waals surface area contributed by atoms with Crippen molar-refractivity contribution in [1.82, 2.24) is 5.32 Å². The third-order valence-electron chi connectivity index (χ3n) is 2.71. The van der Waals surface area contributed by atoms with Crippen LogP contribution >= 0.6 is 0 Å². The van der Waals surface area contributed by atoms with Crippen molar-refractivity contribution < 1.29 is 18.7 Å². The van der Waals surface area contributed by atoms with Gasteiger partial charge in [0, 0.05) is 13.7 Å². The van der Waals surface area contributed by atoms with Gasteiger partial charge >= 0.3 is 0 Å². The van der Waals surface area contributed by atoms with Crippen LogP contribution in [0.15, 0.2) is 18.2 Å². The maximum atomic E-state index is 13.2. The van der Waals surface area contributed by atoms with Crippen molar-refractivity contribution in [2.75, 3.05) is 26.8 Å². The van der Waals surface area contributed by atoms with Crippen LogP contribution in [-0.2, 0) is 16.0 Å². The van der Waals surface area contributed by atoms with E-state index in [4.69, 9.17) is 15.2 Å². The number of carbonyl (C=O) groups is 1. The van der Waals surface area contributed by atoms with E-state index in [0.717, 1.165) is 0 Å². The minimum Gasteiger partial charge on any atom is -0.481 e. The Balaban J connectivity index is 2.64. The second kappa shape index (κ2) is 8.50. The number of rotatable bonds is 8. The third kappa shape index (κ3) is 5.14. The molecular formula is C14H21FN2O3. The Morgan fingerprint density at radius 2 is 2.25 bits per heavy atom. The van der Waals surface area contributed by atoms with Gasteiger partial charge in [0.1, 0.15) is 11.6 Å². The first-order chi connectivity index (χ1) is 9.58. The fraction of sp³-hybridized carbons (Fsp3) is 0.500. The van der Waals surface area contributed by atoms with Crippen molar-refractivity contribution in [1.29, 1.82) is 0 Å². The lowest BCUT2D eigenvalue weighted by Gasteiger charge is -2.17. The van der Waals surface area contributed by atoms with Crippen molar-refractivity contribution in [3.8, 4) is 5.75 Å². The van der Waals surface area contributed by atoms with Crippen LogP contribution in [0.2, 0.25) is 0 Å². The molecule has 1 atom stereocenters. The van der Waals surface area contributed by atoms with Crippen molar-refractivity contribution in [2.45, 2.75) is 19.4 Å². The standard InChI is InChI=1S/C14H21FN2O3/c1-10(14(18)17-7-8-19-2)20-13-4-3-12(15)9-11(13)5-6-16/h3-4,9-10H,5-8,16H2,1-2H3,(H,17,18). The van der Waals surface area contributed by atoms with Gasteiger partial charge in [-0.05, 0) is 43.7 Å². The van der Waals surface area contributed by atoms with Crippen LogP contribution in [0, 0.1) is 5.82 Å². The van der Waals surface area contributed by atoms with E-state index in [-0.39, 0.29) is 11.7 Å². The summed E-state index contributed by atoms with van der Waals surface area (Å²) in [6.45, 7) is 2.88. The summed E-state index contributed by atoms with van der Waals surface area (Å²) >= 11 is 0. The van der Waals surface area contributed by atoms with Crippen molar-refractivity contribution >= 4 is 5.91 Å². The van der Waals surface area contributed by atoms with Crippen LogP contribution in [0.5, 0.6) is 5.75 Å². The lowest BCUT2D eigenvalue weighted by molar-refractivity contribution is -0.127. The Morgan fingerprint density at radius 1 is 1.50 bits per heavy atom. The van der Waals surface area contributed by atoms with E-state index in [1.165, 1.54) is 18.2 Å². The summed E-state index contributed by atoms with van der Waals surface area (Å²) < 4.78 is 23.6. The number of hydrogen-bond donors (Lipinski definition) is 2. The molecule has 1 amide bonds. The molecular weight excluding hydrogens is 263 g/mol. The van der Waals surface area contributed by atoms with E-state index in [1.807, 2.05) is 0 Å². The molecule has 3 N–H and O–H groups in total. The Morgan fingerprint density at radius 3 is 2.90 bits per heavy atom. The first-order valence-electron chi connectivity index (χ1n) is 6.50. The van der Waals surface area contributed by atoms with Gasteiger partial charge in [-0.25, -0.2) is 4.39 Å². The van der Waals surface area contributed by atoms with E-state index in [9.17, 15) is 9.18 Å². The molecule has 0 spiro atoms. The van der Waals surface area contributed by atoms with Gasteiger partial charge in [-0.1, -0.05) is 0 Å². The van der Waals surface area contributed by atoms with E-state index in [1.54, 1.807) is 14.0 Å². The number of ether oxygens (including phenoxy) is 2. The molecule has 0 saturated carbocycles. The molecule has 112 valence electrons. The highest BCUT2D eigenvalue weighted by molar-refractivity contribution is 5.80. The van der Waals surface area contributed by atoms with Crippen LogP contribution in [0.25, 0.3) is 0 Å². The summed E-state index contributed by atoms with van der Waals surface area (Å²) in [4.78, 5) is 11.8. The number of nitrogens with one attached hydrogen (secondary N) is 1. The maximum Gasteiger partial charge on any atom is 0.260 e. The SMILES string of the molecule is COCCNC(=O)C(C)Oc1ccc(F)cc1CCN. The van der Waals surface area contributed by atoms with Gasteiger partial charge in [0.2, 0.25) is 0 Å². The molecule has 5 nitrogen and oxygen atoms in total. The molecule has 0 aliphatic rings. The lowest BCUT2D eigenvalue weighted by Crippen LogP contribution is -2.38. The van der Waals surface area contributed by atoms with Crippen LogP contribution in [0.3, 0.4) is 0 Å². The molecule has 0 aromatic heterocycles. The Kier molecular flexibility index (Phi) is 6.97. The van der Waals surface area contributed by atoms with Crippen molar-refractivity contribution in [2.24, 2.45) is 5.73 Å². The van der Waals surface area contributed by atoms with Crippen LogP contribution in [0.4, 0.5) is 4.39 Å². The Bertz CT molecular complexity index is 440. The van der Waals surface area contributed by atoms with Gasteiger partial charge in [0.15, 0.2) is 6.10 Å². The van der Waals surface area contributed by atoms with Gasteiger partial charge in [-0.3, -0.25) is 4.79 Å². The zero-order valence-corrected chi connectivity index (χ0v) is 11.8. The molecule has 0 saturated heterocycles. The smallest absolute Gasteiger partial charge is 0.260 e. The minimum absolute atomic E-state index is 0.245. The van der Waals surface area contributed by atoms with Gasteiger partial charge in [0.05, 0.1) is 6.61 Å². The molecule has 0 bridgehead atoms. The highest BCUT2D eigenvalue weighted by Crippen LogP contribution is 2.21. The molecule has 0 aliphatic heterocycles. The van der Waals surface area contributed by atoms with Crippen molar-refractivity contribution in [3.63, 3.8) is 0 Å². The molecule has 1 aromatic carbocycles. The minimum atomic E-state index is -0.672. The molecule has 20 heavy (non-hydrogen) atoms. The molecule has 0 radical (unpaired) electrons. The number of carbonyl (C=O) groups excluding carboxylic acids is 1. The molecule has 0 fully saturated rings. The quantitative estimate of drug-likeness (QED) is 0.694. The third-order valence-corrected chi connectivity index (χ3v) is 2.71. The van der Waals surface area contributed by atoms with E-state index in [0.29, 0.717) is 37.4 Å². The number of nitrogens with two attached hydrogens (primary N) is 1. The summed E-state index contributed by atoms with van der Waals surface area (Å²) in [7, 11) is 1.56. The normalized spacial score (nSPS) is 12.0. The second-order valence-electron chi connectivity index (χ2n) is 4.33. The lowest BCUT2D eigenvalue weighted by atomic mass is 10.1. The molecule has 0 heterocycles. The van der Waals surface area contributed by atoms with E-state index < -0.39 is 6.10 Å². The number of methoxy groups -OCH3 is 1. The van der Waals surface area contributed by atoms with Gasteiger partial charge < -0.3 is 20.5 Å². The largest absolute Gasteiger partial charge is 0.481 e. The topological polar surface area (TPSA) is 73.6 Å². The van der Waals surface area contributed by atoms with E-state index in [2.05, 4.69) is 5.32 Å². The predicted molar refractivity (Wildman–Crippen MR) is 74.1 cm³/mol. The summed E-state index contributed by atoms with van der Waals surface area (Å²) in [5, 5.41) is 2.68. The van der Waals surface area contributed by atoms with Crippen LogP contribution in [-0.4, -0.2) is 38.8 Å². The average molecular weight is 284 g/mol. The average Bonchev–Trinajstić information content (AvgIpc) is 2.42. The zero-order chi connectivity index (χ0) is 15.0. The summed E-state index contributed by atoms with van der Waals surface area (Å²) in [6.07, 6.45) is -0.181. The van der Waals surface area contributed by atoms with Crippen LogP contribution < -0.4 is 15.8 Å². The number of amides is 1. The maximum absolute atomic E-state index is 13.2. The van der Waals surface area contributed by atoms with Gasteiger partial charge in [-0.2, -0.15) is 0 Å². The molecule has 6 heteroatoms. The number of halogens is 1. The Hall–Kier alpha value is -1.66. The first-order valence-corrected chi connectivity index (χ1v) is 6.50. The highest BCUT2D eigenvalue weighted by Gasteiger charge is 2.16. The monoisotopic (exact) mass is 284 g/mol. The van der Waals surface area contributed by atoms with Gasteiger partial charge in [0.25, 0.3) is 5.91 Å². The fourth-order valence-electron chi connectivity index (χ4n) is 1.68. The summed E-state index contributed by atoms with van der Waals surface area (Å²) in [5.74, 6) is -0.116. The summed E-state index contributed by atoms with van der Waals surface area (Å²) in [5.41, 5.74) is 6.14. The summed E-state index contributed by atoms with van der Waals surface area (Å²) in [6, 6.07) is 4.18. The molecule has 1 rings (SSSR count). The fourth-order valence-corrected chi connectivity index (χ4v) is 1.68. The molecule has 0 aliphatic carbocycles. The zero-order valence-electron chi connectivity index (χ0n) is 11.8. The number of hydrogen-bond acceptors (Lipinski definition) is 4. The van der Waals surface area contributed by atoms with E-state index >= 15 is 0 Å². The second-order valence-corrected chi connectivity index (χ2v) is 4.33. The molecule has 1 aromatic rings. The van der Waals surface area contributed by atoms with Crippen molar-refractivity contribution in [3.05, 3.63) is 29.6 Å². The van der Waals surface area contributed by atoms with Crippen LogP contribution in [0.1, 0.15) is 12.5 Å².